The molecule has 7 heteroatoms. The number of amides is 1. The summed E-state index contributed by atoms with van der Waals surface area (Å²) in [6.45, 7) is 1.79. The van der Waals surface area contributed by atoms with Gasteiger partial charge < -0.3 is 15.2 Å². The van der Waals surface area contributed by atoms with Gasteiger partial charge in [-0.25, -0.2) is 4.79 Å². The summed E-state index contributed by atoms with van der Waals surface area (Å²) < 4.78 is 4.40. The molecule has 1 amide bonds. The van der Waals surface area contributed by atoms with E-state index < -0.39 is 42.7 Å². The number of carboxylic acid groups (broad SMARTS) is 1. The van der Waals surface area contributed by atoms with Gasteiger partial charge in [-0.3, -0.25) is 14.4 Å². The van der Waals surface area contributed by atoms with Crippen LogP contribution in [-0.2, 0) is 23.9 Å². The second-order valence-corrected chi connectivity index (χ2v) is 3.11. The minimum atomic E-state index is -1.31. The lowest BCUT2D eigenvalue weighted by molar-refractivity contribution is -0.147. The zero-order valence-electron chi connectivity index (χ0n) is 8.98. The average Bonchev–Trinajstić information content (AvgIpc) is 2.12. The highest BCUT2D eigenvalue weighted by atomic mass is 16.5. The summed E-state index contributed by atoms with van der Waals surface area (Å²) in [5.41, 5.74) is 0. The molecule has 1 unspecified atom stereocenters. The fourth-order valence-corrected chi connectivity index (χ4v) is 0.914. The molecular weight excluding hydrogens is 218 g/mol. The van der Waals surface area contributed by atoms with Crippen LogP contribution in [0.1, 0.15) is 20.3 Å². The number of hydrogen-bond donors (Lipinski definition) is 2. The van der Waals surface area contributed by atoms with Gasteiger partial charge in [-0.05, 0) is 0 Å². The molecule has 0 saturated carbocycles. The third-order valence-corrected chi connectivity index (χ3v) is 1.54. The van der Waals surface area contributed by atoms with Gasteiger partial charge in [0.2, 0.25) is 5.91 Å². The Labute approximate surface area is 91.8 Å². The van der Waals surface area contributed by atoms with Crippen molar-refractivity contribution in [3.63, 3.8) is 0 Å². The van der Waals surface area contributed by atoms with E-state index in [1.54, 1.807) is 0 Å². The number of rotatable bonds is 6. The Morgan fingerprint density at radius 1 is 1.25 bits per heavy atom. The molecule has 0 aromatic rings. The quantitative estimate of drug-likeness (QED) is 0.573. The molecule has 0 aliphatic heterocycles. The molecule has 16 heavy (non-hydrogen) atoms. The number of hydrogen-bond acceptors (Lipinski definition) is 5. The van der Waals surface area contributed by atoms with Crippen molar-refractivity contribution in [2.45, 2.75) is 26.3 Å². The summed E-state index contributed by atoms with van der Waals surface area (Å²) in [5, 5.41) is 10.8. The third-order valence-electron chi connectivity index (χ3n) is 1.54. The number of carbonyl (C=O) groups is 4. The van der Waals surface area contributed by atoms with Gasteiger partial charge in [0.25, 0.3) is 0 Å². The van der Waals surface area contributed by atoms with Crippen molar-refractivity contribution in [2.75, 3.05) is 6.61 Å². The molecule has 0 aliphatic carbocycles. The molecule has 0 rings (SSSR count). The molecule has 0 radical (unpaired) electrons. The Balaban J connectivity index is 4.18. The Bertz CT molecular complexity index is 311. The van der Waals surface area contributed by atoms with Crippen LogP contribution >= 0.6 is 0 Å². The molecule has 0 bridgehead atoms. The lowest BCUT2D eigenvalue weighted by Crippen LogP contribution is -2.41. The molecule has 2 N–H and O–H groups in total. The van der Waals surface area contributed by atoms with Crippen molar-refractivity contribution in [3.8, 4) is 0 Å². The minimum Gasteiger partial charge on any atom is -0.480 e. The predicted molar refractivity (Wildman–Crippen MR) is 51.5 cm³/mol. The van der Waals surface area contributed by atoms with Crippen molar-refractivity contribution in [1.82, 2.24) is 5.32 Å². The summed E-state index contributed by atoms with van der Waals surface area (Å²) in [4.78, 5) is 42.8. The summed E-state index contributed by atoms with van der Waals surface area (Å²) >= 11 is 0. The highest BCUT2D eigenvalue weighted by molar-refractivity contribution is 5.90. The van der Waals surface area contributed by atoms with Gasteiger partial charge in [-0.15, -0.1) is 0 Å². The van der Waals surface area contributed by atoms with E-state index in [1.807, 2.05) is 0 Å². The second-order valence-electron chi connectivity index (χ2n) is 3.11. The molecular formula is C9H13NO6. The zero-order chi connectivity index (χ0) is 12.7. The van der Waals surface area contributed by atoms with Gasteiger partial charge in [-0.2, -0.15) is 0 Å². The van der Waals surface area contributed by atoms with E-state index in [2.05, 4.69) is 10.1 Å². The lowest BCUT2D eigenvalue weighted by Gasteiger charge is -2.11. The molecule has 0 heterocycles. The first kappa shape index (κ1) is 14.1. The van der Waals surface area contributed by atoms with Crippen LogP contribution in [0.15, 0.2) is 0 Å². The molecule has 0 saturated heterocycles. The van der Waals surface area contributed by atoms with E-state index >= 15 is 0 Å². The van der Waals surface area contributed by atoms with E-state index in [4.69, 9.17) is 5.11 Å². The lowest BCUT2D eigenvalue weighted by atomic mass is 10.1. The average molecular weight is 231 g/mol. The second kappa shape index (κ2) is 6.54. The summed E-state index contributed by atoms with van der Waals surface area (Å²) in [7, 11) is 0. The molecule has 1 atom stereocenters. The maximum absolute atomic E-state index is 11.2. The number of esters is 1. The van der Waals surface area contributed by atoms with E-state index in [9.17, 15) is 19.2 Å². The largest absolute Gasteiger partial charge is 0.480 e. The fourth-order valence-electron chi connectivity index (χ4n) is 0.914. The van der Waals surface area contributed by atoms with Crippen molar-refractivity contribution in [1.29, 1.82) is 0 Å². The number of nitrogens with one attached hydrogen (secondary N) is 1. The topological polar surface area (TPSA) is 110 Å². The minimum absolute atomic E-state index is 0.414. The molecule has 0 aromatic carbocycles. The van der Waals surface area contributed by atoms with Crippen LogP contribution in [0.2, 0.25) is 0 Å². The summed E-state index contributed by atoms with van der Waals surface area (Å²) in [6.07, 6.45) is -0.414. The number of ketones is 1. The maximum atomic E-state index is 11.2. The van der Waals surface area contributed by atoms with Crippen LogP contribution in [0.4, 0.5) is 0 Å². The van der Waals surface area contributed by atoms with Gasteiger partial charge in [-0.1, -0.05) is 0 Å². The van der Waals surface area contributed by atoms with Crippen LogP contribution in [0.25, 0.3) is 0 Å². The number of carboxylic acids is 1. The first-order valence-electron chi connectivity index (χ1n) is 4.48. The Hall–Kier alpha value is -1.92. The molecule has 7 nitrogen and oxygen atoms in total. The molecule has 0 aliphatic rings. The van der Waals surface area contributed by atoms with Crippen molar-refractivity contribution < 1.29 is 29.0 Å². The van der Waals surface area contributed by atoms with Crippen LogP contribution in [0, 0.1) is 0 Å². The fraction of sp³-hybridized carbons (Fsp3) is 0.556. The Morgan fingerprint density at radius 3 is 2.19 bits per heavy atom. The monoisotopic (exact) mass is 231 g/mol. The first-order valence-corrected chi connectivity index (χ1v) is 4.48. The van der Waals surface area contributed by atoms with Crippen LogP contribution in [-0.4, -0.2) is 41.4 Å². The van der Waals surface area contributed by atoms with E-state index in [0.29, 0.717) is 0 Å². The van der Waals surface area contributed by atoms with Crippen LogP contribution < -0.4 is 5.32 Å². The SMILES string of the molecule is CC(=O)NC(CC(=O)COC(C)=O)C(=O)O. The highest BCUT2D eigenvalue weighted by Crippen LogP contribution is 1.95. The van der Waals surface area contributed by atoms with Gasteiger partial charge in [0, 0.05) is 20.3 Å². The van der Waals surface area contributed by atoms with E-state index in [-0.39, 0.29) is 0 Å². The smallest absolute Gasteiger partial charge is 0.326 e. The van der Waals surface area contributed by atoms with Gasteiger partial charge >= 0.3 is 11.9 Å². The molecule has 0 spiro atoms. The van der Waals surface area contributed by atoms with E-state index in [1.165, 1.54) is 0 Å². The standard InChI is InChI=1S/C9H13NO6/c1-5(11)10-8(9(14)15)3-7(13)4-16-6(2)12/h8H,3-4H2,1-2H3,(H,10,11)(H,14,15). The highest BCUT2D eigenvalue weighted by Gasteiger charge is 2.22. The maximum Gasteiger partial charge on any atom is 0.326 e. The van der Waals surface area contributed by atoms with Gasteiger partial charge in [0.15, 0.2) is 5.78 Å². The van der Waals surface area contributed by atoms with Crippen molar-refractivity contribution >= 4 is 23.6 Å². The number of aliphatic carboxylic acids is 1. The van der Waals surface area contributed by atoms with Crippen LogP contribution in [0.3, 0.4) is 0 Å². The van der Waals surface area contributed by atoms with E-state index in [0.717, 1.165) is 13.8 Å². The normalized spacial score (nSPS) is 11.4. The van der Waals surface area contributed by atoms with Crippen molar-refractivity contribution in [2.24, 2.45) is 0 Å². The van der Waals surface area contributed by atoms with Gasteiger partial charge in [0.1, 0.15) is 12.6 Å². The molecule has 90 valence electrons. The number of ether oxygens (including phenoxy) is 1. The third kappa shape index (κ3) is 6.52. The van der Waals surface area contributed by atoms with Gasteiger partial charge in [0.05, 0.1) is 0 Å². The molecule has 0 fully saturated rings. The summed E-state index contributed by atoms with van der Waals surface area (Å²) in [6, 6.07) is -1.29. The number of carbonyl (C=O) groups excluding carboxylic acids is 3. The predicted octanol–water partition coefficient (Wildman–Crippen LogP) is -0.902. The zero-order valence-corrected chi connectivity index (χ0v) is 8.98. The molecule has 0 aromatic heterocycles. The summed E-state index contributed by atoms with van der Waals surface area (Å²) in [5.74, 6) is -3.06. The van der Waals surface area contributed by atoms with Crippen molar-refractivity contribution in [3.05, 3.63) is 0 Å². The Morgan fingerprint density at radius 2 is 1.81 bits per heavy atom. The van der Waals surface area contributed by atoms with Crippen LogP contribution in [0.5, 0.6) is 0 Å². The number of Topliss-reactive ketones (excluding diaryl/α,β-unsaturated/α-hetero) is 1. The first-order chi connectivity index (χ1) is 7.32. The Kier molecular flexibility index (Phi) is 5.76.